The number of hydrogen-bond donors (Lipinski definition) is 0. The van der Waals surface area contributed by atoms with Gasteiger partial charge in [-0.25, -0.2) is 8.78 Å². The van der Waals surface area contributed by atoms with Crippen molar-refractivity contribution in [2.75, 3.05) is 13.6 Å². The summed E-state index contributed by atoms with van der Waals surface area (Å²) in [7, 11) is 1.51. The maximum absolute atomic E-state index is 13.1. The Hall–Kier alpha value is -1.56. The number of halogens is 2. The average Bonchev–Trinajstić information content (AvgIpc) is 2.68. The fourth-order valence-electron chi connectivity index (χ4n) is 2.67. The summed E-state index contributed by atoms with van der Waals surface area (Å²) in [4.78, 5) is 12.0. The molecule has 2 rings (SSSR count). The molecule has 1 aliphatic rings. The van der Waals surface area contributed by atoms with E-state index in [-0.39, 0.29) is 6.54 Å². The Morgan fingerprint density at radius 2 is 2.00 bits per heavy atom. The number of benzene rings is 1. The maximum atomic E-state index is 13.1. The van der Waals surface area contributed by atoms with Gasteiger partial charge < -0.3 is 0 Å². The van der Waals surface area contributed by atoms with Gasteiger partial charge in [0.1, 0.15) is 0 Å². The third-order valence-corrected chi connectivity index (χ3v) is 3.48. The largest absolute Gasteiger partial charge is 0.291 e. The van der Waals surface area contributed by atoms with E-state index in [4.69, 9.17) is 0 Å². The molecular formula is C12H14F2N2O2. The number of rotatable bonds is 3. The van der Waals surface area contributed by atoms with Crippen molar-refractivity contribution in [3.8, 4) is 0 Å². The molecule has 1 aliphatic heterocycles. The molecule has 0 N–H and O–H groups in total. The van der Waals surface area contributed by atoms with Crippen molar-refractivity contribution < 1.29 is 13.7 Å². The fourth-order valence-corrected chi connectivity index (χ4v) is 2.67. The molecule has 6 heteroatoms. The number of nitro groups is 1. The molecule has 18 heavy (non-hydrogen) atoms. The number of likely N-dealkylation sites (tertiary alicyclic amines) is 1. The molecule has 1 heterocycles. The average molecular weight is 256 g/mol. The van der Waals surface area contributed by atoms with Crippen molar-refractivity contribution in [1.29, 1.82) is 0 Å². The lowest BCUT2D eigenvalue weighted by Gasteiger charge is -2.23. The Balaban J connectivity index is 2.39. The van der Waals surface area contributed by atoms with Gasteiger partial charge in [-0.1, -0.05) is 30.3 Å². The van der Waals surface area contributed by atoms with E-state index in [1.807, 2.05) is 0 Å². The summed E-state index contributed by atoms with van der Waals surface area (Å²) < 4.78 is 26.2. The van der Waals surface area contributed by atoms with E-state index in [9.17, 15) is 18.9 Å². The molecule has 0 amide bonds. The van der Waals surface area contributed by atoms with Crippen LogP contribution >= 0.6 is 0 Å². The number of nitrogens with zero attached hydrogens (tertiary/aromatic N) is 2. The van der Waals surface area contributed by atoms with Gasteiger partial charge >= 0.3 is 0 Å². The summed E-state index contributed by atoms with van der Waals surface area (Å²) in [6.45, 7) is 0.0571. The molecule has 4 nitrogen and oxygen atoms in total. The van der Waals surface area contributed by atoms with Crippen molar-refractivity contribution in [2.24, 2.45) is 0 Å². The molecule has 1 aromatic carbocycles. The second-order valence-corrected chi connectivity index (χ2v) is 4.55. The Bertz CT molecular complexity index is 427. The first-order valence-corrected chi connectivity index (χ1v) is 5.69. The van der Waals surface area contributed by atoms with Crippen LogP contribution in [0.5, 0.6) is 0 Å². The summed E-state index contributed by atoms with van der Waals surface area (Å²) >= 11 is 0. The Labute approximate surface area is 103 Å². The summed E-state index contributed by atoms with van der Waals surface area (Å²) in [6, 6.07) is 6.48. The second-order valence-electron chi connectivity index (χ2n) is 4.55. The van der Waals surface area contributed by atoms with E-state index in [2.05, 4.69) is 0 Å². The van der Waals surface area contributed by atoms with Crippen LogP contribution in [0.25, 0.3) is 0 Å². The molecule has 2 unspecified atom stereocenters. The summed E-state index contributed by atoms with van der Waals surface area (Å²) in [5.41, 5.74) is 0.605. The second kappa shape index (κ2) is 4.97. The summed E-state index contributed by atoms with van der Waals surface area (Å²) in [5.74, 6) is -0.758. The minimum absolute atomic E-state index is 0.0571. The summed E-state index contributed by atoms with van der Waals surface area (Å²) in [6.07, 6.45) is -2.59. The molecule has 0 bridgehead atoms. The van der Waals surface area contributed by atoms with E-state index in [1.54, 1.807) is 30.3 Å². The van der Waals surface area contributed by atoms with Gasteiger partial charge in [-0.2, -0.15) is 0 Å². The van der Waals surface area contributed by atoms with Crippen molar-refractivity contribution >= 4 is 0 Å². The van der Waals surface area contributed by atoms with Gasteiger partial charge in [-0.3, -0.25) is 15.0 Å². The van der Waals surface area contributed by atoms with Gasteiger partial charge in [0.2, 0.25) is 6.04 Å². The molecule has 0 aliphatic carbocycles. The molecule has 0 saturated carbocycles. The van der Waals surface area contributed by atoms with Crippen LogP contribution in [0.2, 0.25) is 0 Å². The summed E-state index contributed by atoms with van der Waals surface area (Å²) in [5, 5.41) is 11.0. The zero-order valence-corrected chi connectivity index (χ0v) is 9.87. The van der Waals surface area contributed by atoms with Gasteiger partial charge in [0.15, 0.2) is 0 Å². The molecule has 1 saturated heterocycles. The third kappa shape index (κ3) is 2.20. The highest BCUT2D eigenvalue weighted by Gasteiger charge is 2.51. The van der Waals surface area contributed by atoms with Crippen LogP contribution in [-0.2, 0) is 0 Å². The van der Waals surface area contributed by atoms with Gasteiger partial charge in [-0.15, -0.1) is 0 Å². The Morgan fingerprint density at radius 3 is 2.50 bits per heavy atom. The molecule has 0 aromatic heterocycles. The molecular weight excluding hydrogens is 242 g/mol. The van der Waals surface area contributed by atoms with Crippen LogP contribution in [0.15, 0.2) is 30.3 Å². The first kappa shape index (κ1) is 12.9. The highest BCUT2D eigenvalue weighted by atomic mass is 19.3. The number of hydrogen-bond acceptors (Lipinski definition) is 3. The quantitative estimate of drug-likeness (QED) is 0.613. The first-order chi connectivity index (χ1) is 8.52. The smallest absolute Gasteiger partial charge is 0.254 e. The standard InChI is InChI=1S/C12H14F2N2O2/c1-15-7-9(16(17)18)10(11(15)12(13)14)8-5-3-2-4-6-8/h2-6,9-12H,7H2,1H3/t9?,10?,11-/m0/s1. The van der Waals surface area contributed by atoms with E-state index in [1.165, 1.54) is 11.9 Å². The maximum Gasteiger partial charge on any atom is 0.254 e. The van der Waals surface area contributed by atoms with Gasteiger partial charge in [0, 0.05) is 4.92 Å². The molecule has 98 valence electrons. The fraction of sp³-hybridized carbons (Fsp3) is 0.500. The predicted molar refractivity (Wildman–Crippen MR) is 62.4 cm³/mol. The normalized spacial score (nSPS) is 28.8. The molecule has 1 aromatic rings. The molecule has 0 spiro atoms. The molecule has 1 fully saturated rings. The minimum Gasteiger partial charge on any atom is -0.291 e. The van der Waals surface area contributed by atoms with E-state index in [0.717, 1.165) is 0 Å². The van der Waals surface area contributed by atoms with Crippen molar-refractivity contribution in [3.05, 3.63) is 46.0 Å². The van der Waals surface area contributed by atoms with Crippen LogP contribution < -0.4 is 0 Å². The Kier molecular flexibility index (Phi) is 3.56. The van der Waals surface area contributed by atoms with Gasteiger partial charge in [0.25, 0.3) is 6.43 Å². The lowest BCUT2D eigenvalue weighted by Crippen LogP contribution is -2.35. The van der Waals surface area contributed by atoms with E-state index in [0.29, 0.717) is 5.56 Å². The van der Waals surface area contributed by atoms with Crippen LogP contribution in [-0.4, -0.2) is 41.9 Å². The minimum atomic E-state index is -2.59. The van der Waals surface area contributed by atoms with Crippen molar-refractivity contribution in [3.63, 3.8) is 0 Å². The lowest BCUT2D eigenvalue weighted by atomic mass is 9.89. The van der Waals surface area contributed by atoms with E-state index < -0.39 is 29.4 Å². The van der Waals surface area contributed by atoms with Crippen LogP contribution in [0.3, 0.4) is 0 Å². The van der Waals surface area contributed by atoms with Gasteiger partial charge in [0.05, 0.1) is 18.5 Å². The van der Waals surface area contributed by atoms with E-state index >= 15 is 0 Å². The number of alkyl halides is 2. The zero-order chi connectivity index (χ0) is 13.3. The van der Waals surface area contributed by atoms with Crippen LogP contribution in [0, 0.1) is 10.1 Å². The predicted octanol–water partition coefficient (Wildman–Crippen LogP) is 1.99. The van der Waals surface area contributed by atoms with Crippen LogP contribution in [0.4, 0.5) is 8.78 Å². The Morgan fingerprint density at radius 1 is 1.39 bits per heavy atom. The highest BCUT2D eigenvalue weighted by Crippen LogP contribution is 2.37. The molecule has 0 radical (unpaired) electrons. The monoisotopic (exact) mass is 256 g/mol. The molecule has 3 atom stereocenters. The van der Waals surface area contributed by atoms with Crippen molar-refractivity contribution in [1.82, 2.24) is 4.90 Å². The highest BCUT2D eigenvalue weighted by molar-refractivity contribution is 5.25. The topological polar surface area (TPSA) is 46.4 Å². The third-order valence-electron chi connectivity index (χ3n) is 3.48. The van der Waals surface area contributed by atoms with Crippen molar-refractivity contribution in [2.45, 2.75) is 24.4 Å². The zero-order valence-electron chi connectivity index (χ0n) is 9.87. The first-order valence-electron chi connectivity index (χ1n) is 5.69. The van der Waals surface area contributed by atoms with Crippen LogP contribution in [0.1, 0.15) is 11.5 Å². The number of likely N-dealkylation sites (N-methyl/N-ethyl adjacent to an activating group) is 1. The SMILES string of the molecule is CN1CC([N+](=O)[O-])C(c2ccccc2)[C@H]1C(F)F. The van der Waals surface area contributed by atoms with Gasteiger partial charge in [-0.05, 0) is 12.6 Å². The lowest BCUT2D eigenvalue weighted by molar-refractivity contribution is -0.521.